The van der Waals surface area contributed by atoms with Crippen LogP contribution in [0.3, 0.4) is 0 Å². The molecular weight excluding hydrogens is 480 g/mol. The second kappa shape index (κ2) is 7.61. The molecule has 3 atom stereocenters. The average Bonchev–Trinajstić information content (AvgIpc) is 3.03. The minimum Gasteiger partial charge on any atom is -0.493 e. The van der Waals surface area contributed by atoms with Crippen LogP contribution < -0.4 is 10.2 Å². The molecule has 7 nitrogen and oxygen atoms in total. The highest BCUT2D eigenvalue weighted by atomic mass is 79.9. The Labute approximate surface area is 194 Å². The maximum Gasteiger partial charge on any atom is 0.351 e. The van der Waals surface area contributed by atoms with Gasteiger partial charge in [0.2, 0.25) is 5.60 Å². The summed E-state index contributed by atoms with van der Waals surface area (Å²) in [4.78, 5) is 38.3. The summed E-state index contributed by atoms with van der Waals surface area (Å²) in [6.07, 6.45) is 0.975. The van der Waals surface area contributed by atoms with Gasteiger partial charge in [-0.25, -0.2) is 4.79 Å². The first-order valence-corrected chi connectivity index (χ1v) is 11.7. The van der Waals surface area contributed by atoms with E-state index < -0.39 is 22.4 Å². The van der Waals surface area contributed by atoms with Gasteiger partial charge in [-0.1, -0.05) is 29.8 Å². The third-order valence-corrected chi connectivity index (χ3v) is 7.88. The molecule has 1 aliphatic carbocycles. The van der Waals surface area contributed by atoms with Crippen molar-refractivity contribution >= 4 is 38.8 Å². The zero-order valence-corrected chi connectivity index (χ0v) is 20.5. The third kappa shape index (κ3) is 3.02. The topological polar surface area (TPSA) is 92.0 Å². The van der Waals surface area contributed by atoms with E-state index in [1.807, 2.05) is 34.6 Å². The van der Waals surface area contributed by atoms with Crippen LogP contribution in [0.5, 0.6) is 5.75 Å². The lowest BCUT2D eigenvalue weighted by molar-refractivity contribution is -0.184. The molecule has 0 amide bonds. The second-order valence-corrected chi connectivity index (χ2v) is 10.6. The van der Waals surface area contributed by atoms with E-state index in [2.05, 4.69) is 15.9 Å². The van der Waals surface area contributed by atoms with Gasteiger partial charge in [0.15, 0.2) is 5.43 Å². The molecule has 1 aliphatic heterocycles. The van der Waals surface area contributed by atoms with Crippen molar-refractivity contribution in [1.82, 2.24) is 0 Å². The van der Waals surface area contributed by atoms with Crippen molar-refractivity contribution in [3.8, 4) is 5.75 Å². The maximum atomic E-state index is 13.3. The Kier molecular flexibility index (Phi) is 5.43. The van der Waals surface area contributed by atoms with Gasteiger partial charge in [-0.3, -0.25) is 9.59 Å². The molecule has 1 aromatic carbocycles. The van der Waals surface area contributed by atoms with Gasteiger partial charge in [0.25, 0.3) is 0 Å². The highest BCUT2D eigenvalue weighted by Gasteiger charge is 2.76. The summed E-state index contributed by atoms with van der Waals surface area (Å²) >= 11 is 3.43. The van der Waals surface area contributed by atoms with Crippen molar-refractivity contribution in [2.24, 2.45) is 10.8 Å². The van der Waals surface area contributed by atoms with Crippen LogP contribution in [0.25, 0.3) is 11.0 Å². The van der Waals surface area contributed by atoms with E-state index in [0.717, 1.165) is 0 Å². The Morgan fingerprint density at radius 2 is 1.94 bits per heavy atom. The minimum atomic E-state index is -1.33. The zero-order chi connectivity index (χ0) is 23.5. The fraction of sp³-hybridized carbons (Fsp3) is 0.542. The number of halogens is 1. The van der Waals surface area contributed by atoms with E-state index in [1.54, 1.807) is 12.1 Å². The van der Waals surface area contributed by atoms with Crippen molar-refractivity contribution in [2.45, 2.75) is 64.5 Å². The van der Waals surface area contributed by atoms with Crippen molar-refractivity contribution in [3.63, 3.8) is 0 Å². The van der Waals surface area contributed by atoms with E-state index >= 15 is 0 Å². The molecule has 2 fully saturated rings. The van der Waals surface area contributed by atoms with Crippen molar-refractivity contribution in [1.29, 1.82) is 0 Å². The van der Waals surface area contributed by atoms with Crippen molar-refractivity contribution < 1.29 is 28.2 Å². The smallest absolute Gasteiger partial charge is 0.351 e. The van der Waals surface area contributed by atoms with E-state index in [9.17, 15) is 14.4 Å². The number of carbonyl (C=O) groups is 2. The van der Waals surface area contributed by atoms with Gasteiger partial charge in [0.05, 0.1) is 27.8 Å². The summed E-state index contributed by atoms with van der Waals surface area (Å²) in [6, 6.07) is 4.76. The highest BCUT2D eigenvalue weighted by Crippen LogP contribution is 2.65. The fourth-order valence-corrected chi connectivity index (χ4v) is 5.08. The van der Waals surface area contributed by atoms with Gasteiger partial charge in [-0.05, 0) is 45.7 Å². The Bertz CT molecular complexity index is 1160. The van der Waals surface area contributed by atoms with Crippen molar-refractivity contribution in [3.05, 3.63) is 39.7 Å². The Morgan fingerprint density at radius 3 is 2.50 bits per heavy atom. The van der Waals surface area contributed by atoms with Crippen LogP contribution >= 0.6 is 15.9 Å². The van der Waals surface area contributed by atoms with Crippen LogP contribution in [0.2, 0.25) is 0 Å². The van der Waals surface area contributed by atoms with Crippen LogP contribution in [0, 0.1) is 10.8 Å². The lowest BCUT2D eigenvalue weighted by Gasteiger charge is -2.34. The molecule has 0 spiro atoms. The largest absolute Gasteiger partial charge is 0.493 e. The molecule has 2 aromatic rings. The highest BCUT2D eigenvalue weighted by molar-refractivity contribution is 9.09. The fourth-order valence-electron chi connectivity index (χ4n) is 4.85. The van der Waals surface area contributed by atoms with Crippen molar-refractivity contribution in [2.75, 3.05) is 6.61 Å². The minimum absolute atomic E-state index is 0.180. The van der Waals surface area contributed by atoms with E-state index in [-0.39, 0.29) is 22.8 Å². The molecule has 172 valence electrons. The molecular formula is C24H27BrO7. The van der Waals surface area contributed by atoms with Gasteiger partial charge >= 0.3 is 11.9 Å². The predicted molar refractivity (Wildman–Crippen MR) is 121 cm³/mol. The second-order valence-electron chi connectivity index (χ2n) is 9.23. The third-order valence-electron chi connectivity index (χ3n) is 7.43. The molecule has 0 radical (unpaired) electrons. The van der Waals surface area contributed by atoms with Crippen LogP contribution in [-0.4, -0.2) is 24.1 Å². The normalized spacial score (nSPS) is 26.8. The SMILES string of the molecule is CCOc1ccc2c(=O)cc(C(C)Br)oc2c1COC(=O)[C@]12CC[C@](C)(C(=O)O1)C2(C)C. The molecule has 2 aliphatic rings. The molecule has 1 saturated carbocycles. The number of ether oxygens (including phenoxy) is 3. The summed E-state index contributed by atoms with van der Waals surface area (Å²) in [6.45, 7) is 9.48. The number of carbonyl (C=O) groups excluding carboxylic acids is 2. The molecule has 2 bridgehead atoms. The van der Waals surface area contributed by atoms with Crippen LogP contribution in [0.1, 0.15) is 63.6 Å². The van der Waals surface area contributed by atoms with Crippen LogP contribution in [-0.2, 0) is 25.7 Å². The first kappa shape index (κ1) is 22.8. The molecule has 0 N–H and O–H groups in total. The Balaban J connectivity index is 1.73. The molecule has 1 saturated heterocycles. The van der Waals surface area contributed by atoms with Gasteiger partial charge in [-0.15, -0.1) is 0 Å². The van der Waals surface area contributed by atoms with Crippen LogP contribution in [0.4, 0.5) is 0 Å². The quantitative estimate of drug-likeness (QED) is 0.409. The summed E-state index contributed by atoms with van der Waals surface area (Å²) in [7, 11) is 0. The number of hydrogen-bond donors (Lipinski definition) is 0. The summed E-state index contributed by atoms with van der Waals surface area (Å²) in [5.74, 6) is -0.0387. The number of rotatable bonds is 6. The predicted octanol–water partition coefficient (Wildman–Crippen LogP) is 4.81. The van der Waals surface area contributed by atoms with Gasteiger partial charge in [-0.2, -0.15) is 0 Å². The molecule has 32 heavy (non-hydrogen) atoms. The number of alkyl halides is 1. The van der Waals surface area contributed by atoms with E-state index in [4.69, 9.17) is 18.6 Å². The standard InChI is InChI=1S/C24H27BrO7/c1-6-29-17-8-7-14-16(26)11-18(13(2)25)31-19(14)15(17)12-30-21(28)24-10-9-23(5,20(27)32-24)22(24,3)4/h7-8,11,13H,6,9-10,12H2,1-5H3/t13?,23-,24+/m1/s1. The number of esters is 2. The Morgan fingerprint density at radius 1 is 1.22 bits per heavy atom. The lowest BCUT2D eigenvalue weighted by atomic mass is 9.66. The number of fused-ring (bicyclic) bond motifs is 3. The first-order chi connectivity index (χ1) is 15.0. The molecule has 1 unspecified atom stereocenters. The molecule has 8 heteroatoms. The molecule has 2 heterocycles. The molecule has 4 rings (SSSR count). The average molecular weight is 507 g/mol. The van der Waals surface area contributed by atoms with Gasteiger partial charge < -0.3 is 18.6 Å². The monoisotopic (exact) mass is 506 g/mol. The summed E-state index contributed by atoms with van der Waals surface area (Å²) in [5.41, 5.74) is -2.18. The molecule has 1 aromatic heterocycles. The summed E-state index contributed by atoms with van der Waals surface area (Å²) < 4.78 is 23.1. The summed E-state index contributed by atoms with van der Waals surface area (Å²) in [5, 5.41) is 0.371. The number of benzene rings is 1. The van der Waals surface area contributed by atoms with E-state index in [1.165, 1.54) is 6.07 Å². The first-order valence-electron chi connectivity index (χ1n) is 10.8. The number of hydrogen-bond acceptors (Lipinski definition) is 7. The lowest BCUT2D eigenvalue weighted by Crippen LogP contribution is -2.48. The maximum absolute atomic E-state index is 13.3. The van der Waals surface area contributed by atoms with E-state index in [0.29, 0.717) is 47.5 Å². The Hall–Kier alpha value is -2.35. The van der Waals surface area contributed by atoms with Gasteiger partial charge in [0, 0.05) is 11.5 Å². The van der Waals surface area contributed by atoms with Crippen LogP contribution in [0.15, 0.2) is 27.4 Å². The van der Waals surface area contributed by atoms with Gasteiger partial charge in [0.1, 0.15) is 23.7 Å². The zero-order valence-electron chi connectivity index (χ0n) is 18.9.